The molecule has 1 N–H and O–H groups in total. The lowest BCUT2D eigenvalue weighted by atomic mass is 10.0. The summed E-state index contributed by atoms with van der Waals surface area (Å²) >= 11 is 2.06. The first-order valence-corrected chi connectivity index (χ1v) is 6.68. The predicted molar refractivity (Wildman–Crippen MR) is 69.1 cm³/mol. The van der Waals surface area contributed by atoms with Crippen LogP contribution in [-0.4, -0.2) is 23.6 Å². The summed E-state index contributed by atoms with van der Waals surface area (Å²) in [6.45, 7) is 11.5. The minimum atomic E-state index is 0.393. The van der Waals surface area contributed by atoms with Gasteiger partial charge < -0.3 is 5.32 Å². The average Bonchev–Trinajstić information content (AvgIpc) is 2.10. The first-order chi connectivity index (χ1) is 6.39. The molecular formula is C12H27NS. The summed E-state index contributed by atoms with van der Waals surface area (Å²) in [5.41, 5.74) is 0. The van der Waals surface area contributed by atoms with Crippen molar-refractivity contribution in [2.75, 3.05) is 12.8 Å². The van der Waals surface area contributed by atoms with Crippen LogP contribution < -0.4 is 5.32 Å². The third-order valence-corrected chi connectivity index (χ3v) is 3.94. The van der Waals surface area contributed by atoms with Crippen LogP contribution in [0.15, 0.2) is 0 Å². The number of thioether (sulfide) groups is 1. The highest BCUT2D eigenvalue weighted by Crippen LogP contribution is 2.25. The van der Waals surface area contributed by atoms with Gasteiger partial charge in [-0.25, -0.2) is 0 Å². The Morgan fingerprint density at radius 3 is 2.21 bits per heavy atom. The van der Waals surface area contributed by atoms with Gasteiger partial charge in [0.2, 0.25) is 0 Å². The lowest BCUT2D eigenvalue weighted by molar-refractivity contribution is 0.436. The first-order valence-electron chi connectivity index (χ1n) is 5.70. The van der Waals surface area contributed by atoms with Crippen LogP contribution in [-0.2, 0) is 0 Å². The van der Waals surface area contributed by atoms with Gasteiger partial charge in [0.1, 0.15) is 0 Å². The monoisotopic (exact) mass is 217 g/mol. The molecule has 0 aromatic carbocycles. The molecule has 0 spiro atoms. The summed E-state index contributed by atoms with van der Waals surface area (Å²) in [6.07, 6.45) is 2.59. The molecule has 86 valence electrons. The van der Waals surface area contributed by atoms with E-state index in [-0.39, 0.29) is 0 Å². The summed E-state index contributed by atoms with van der Waals surface area (Å²) in [7, 11) is 2.08. The Morgan fingerprint density at radius 2 is 1.86 bits per heavy atom. The van der Waals surface area contributed by atoms with E-state index in [9.17, 15) is 0 Å². The van der Waals surface area contributed by atoms with Crippen LogP contribution in [0.1, 0.15) is 47.5 Å². The van der Waals surface area contributed by atoms with Crippen molar-refractivity contribution in [1.29, 1.82) is 0 Å². The molecule has 0 fully saturated rings. The fraction of sp³-hybridized carbons (Fsp3) is 1.00. The summed E-state index contributed by atoms with van der Waals surface area (Å²) in [5, 5.41) is 3.42. The molecule has 0 radical (unpaired) electrons. The topological polar surface area (TPSA) is 12.0 Å². The Bertz CT molecular complexity index is 140. The zero-order valence-corrected chi connectivity index (χ0v) is 11.5. The molecule has 1 nitrogen and oxygen atoms in total. The van der Waals surface area contributed by atoms with Crippen LogP contribution in [0.5, 0.6) is 0 Å². The second-order valence-corrected chi connectivity index (χ2v) is 7.00. The van der Waals surface area contributed by atoms with Crippen LogP contribution in [0.4, 0.5) is 0 Å². The SMILES string of the molecule is CCC(C)CC(CSC(C)(C)C)NC. The Morgan fingerprint density at radius 1 is 1.29 bits per heavy atom. The second kappa shape index (κ2) is 6.73. The van der Waals surface area contributed by atoms with Crippen molar-refractivity contribution in [2.24, 2.45) is 5.92 Å². The van der Waals surface area contributed by atoms with Crippen molar-refractivity contribution in [3.05, 3.63) is 0 Å². The van der Waals surface area contributed by atoms with Crippen LogP contribution in [0.3, 0.4) is 0 Å². The van der Waals surface area contributed by atoms with Crippen molar-refractivity contribution < 1.29 is 0 Å². The molecule has 0 aliphatic heterocycles. The fourth-order valence-corrected chi connectivity index (χ4v) is 2.28. The molecule has 0 saturated heterocycles. The molecular weight excluding hydrogens is 190 g/mol. The number of nitrogens with one attached hydrogen (secondary N) is 1. The van der Waals surface area contributed by atoms with Gasteiger partial charge in [0, 0.05) is 16.5 Å². The zero-order valence-electron chi connectivity index (χ0n) is 10.7. The maximum absolute atomic E-state index is 3.42. The van der Waals surface area contributed by atoms with Crippen molar-refractivity contribution in [1.82, 2.24) is 5.32 Å². The van der Waals surface area contributed by atoms with Crippen LogP contribution in [0, 0.1) is 5.92 Å². The standard InChI is InChI=1S/C12H27NS/c1-7-10(2)8-11(13-6)9-14-12(3,4)5/h10-11,13H,7-9H2,1-6H3. The molecule has 0 aliphatic rings. The van der Waals surface area contributed by atoms with E-state index in [1.165, 1.54) is 18.6 Å². The maximum Gasteiger partial charge on any atom is 0.0157 e. The third-order valence-electron chi connectivity index (χ3n) is 2.51. The van der Waals surface area contributed by atoms with Gasteiger partial charge in [0.05, 0.1) is 0 Å². The highest BCUT2D eigenvalue weighted by atomic mass is 32.2. The van der Waals surface area contributed by atoms with E-state index in [1.807, 2.05) is 0 Å². The molecule has 2 atom stereocenters. The Kier molecular flexibility index (Phi) is 6.88. The molecule has 2 heteroatoms. The largest absolute Gasteiger partial charge is 0.316 e. The van der Waals surface area contributed by atoms with Crippen molar-refractivity contribution in [2.45, 2.75) is 58.2 Å². The van der Waals surface area contributed by atoms with Crippen molar-refractivity contribution in [3.8, 4) is 0 Å². The Labute approximate surface area is 94.4 Å². The minimum Gasteiger partial charge on any atom is -0.316 e. The van der Waals surface area contributed by atoms with Gasteiger partial charge in [-0.05, 0) is 19.4 Å². The number of hydrogen-bond acceptors (Lipinski definition) is 2. The van der Waals surface area contributed by atoms with Gasteiger partial charge in [0.15, 0.2) is 0 Å². The molecule has 0 bridgehead atoms. The summed E-state index contributed by atoms with van der Waals surface area (Å²) in [6, 6.07) is 0.675. The zero-order chi connectivity index (χ0) is 11.2. The van der Waals surface area contributed by atoms with Crippen molar-refractivity contribution >= 4 is 11.8 Å². The van der Waals surface area contributed by atoms with Crippen molar-refractivity contribution in [3.63, 3.8) is 0 Å². The molecule has 0 amide bonds. The fourth-order valence-electron chi connectivity index (χ4n) is 1.27. The first kappa shape index (κ1) is 14.3. The van der Waals surface area contributed by atoms with Crippen LogP contribution >= 0.6 is 11.8 Å². The third kappa shape index (κ3) is 7.69. The molecule has 0 saturated carbocycles. The molecule has 0 aromatic rings. The van der Waals surface area contributed by atoms with Gasteiger partial charge >= 0.3 is 0 Å². The van der Waals surface area contributed by atoms with Crippen LogP contribution in [0.2, 0.25) is 0 Å². The highest BCUT2D eigenvalue weighted by Gasteiger charge is 2.15. The lowest BCUT2D eigenvalue weighted by Crippen LogP contribution is -2.31. The van der Waals surface area contributed by atoms with Crippen LogP contribution in [0.25, 0.3) is 0 Å². The van der Waals surface area contributed by atoms with E-state index in [1.54, 1.807) is 0 Å². The predicted octanol–water partition coefficient (Wildman–Crippen LogP) is 3.54. The average molecular weight is 217 g/mol. The van der Waals surface area contributed by atoms with E-state index >= 15 is 0 Å². The lowest BCUT2D eigenvalue weighted by Gasteiger charge is -2.24. The van der Waals surface area contributed by atoms with E-state index in [0.29, 0.717) is 10.8 Å². The number of rotatable bonds is 6. The van der Waals surface area contributed by atoms with Gasteiger partial charge in [-0.1, -0.05) is 41.0 Å². The summed E-state index contributed by atoms with van der Waals surface area (Å²) in [4.78, 5) is 0. The van der Waals surface area contributed by atoms with E-state index in [2.05, 4.69) is 58.7 Å². The van der Waals surface area contributed by atoms with Gasteiger partial charge in [-0.2, -0.15) is 11.8 Å². The van der Waals surface area contributed by atoms with E-state index < -0.39 is 0 Å². The molecule has 0 heterocycles. The summed E-state index contributed by atoms with van der Waals surface area (Å²) < 4.78 is 0.393. The molecule has 14 heavy (non-hydrogen) atoms. The minimum absolute atomic E-state index is 0.393. The Hall–Kier alpha value is 0.310. The van der Waals surface area contributed by atoms with E-state index in [4.69, 9.17) is 0 Å². The molecule has 0 aliphatic carbocycles. The normalized spacial score (nSPS) is 16.7. The summed E-state index contributed by atoms with van der Waals surface area (Å²) in [5.74, 6) is 2.07. The molecule has 0 rings (SSSR count). The molecule has 0 aromatic heterocycles. The second-order valence-electron chi connectivity index (χ2n) is 5.16. The van der Waals surface area contributed by atoms with Gasteiger partial charge in [-0.15, -0.1) is 0 Å². The Balaban J connectivity index is 3.80. The van der Waals surface area contributed by atoms with Gasteiger partial charge in [-0.3, -0.25) is 0 Å². The quantitative estimate of drug-likeness (QED) is 0.730. The molecule has 2 unspecified atom stereocenters. The highest BCUT2D eigenvalue weighted by molar-refractivity contribution is 8.00. The van der Waals surface area contributed by atoms with Gasteiger partial charge in [0.25, 0.3) is 0 Å². The maximum atomic E-state index is 3.42. The smallest absolute Gasteiger partial charge is 0.0157 e. The van der Waals surface area contributed by atoms with E-state index in [0.717, 1.165) is 5.92 Å². The number of hydrogen-bond donors (Lipinski definition) is 1.